The molecule has 0 heterocycles. The number of amides is 2. The largest absolute Gasteiger partial charge is 0.391 e. The Kier molecular flexibility index (Phi) is 8.76. The minimum Gasteiger partial charge on any atom is -0.391 e. The van der Waals surface area contributed by atoms with E-state index in [9.17, 15) is 23.5 Å². The van der Waals surface area contributed by atoms with Gasteiger partial charge in [0.25, 0.3) is 0 Å². The number of benzene rings is 2. The van der Waals surface area contributed by atoms with Gasteiger partial charge in [0, 0.05) is 30.6 Å². The van der Waals surface area contributed by atoms with Crippen molar-refractivity contribution in [2.45, 2.75) is 45.8 Å². The second kappa shape index (κ2) is 11.6. The number of primary amides is 2. The summed E-state index contributed by atoms with van der Waals surface area (Å²) in [5.41, 5.74) is 13.2. The monoisotopic (exact) mass is 497 g/mol. The third kappa shape index (κ3) is 6.44. The van der Waals surface area contributed by atoms with E-state index >= 15 is 0 Å². The van der Waals surface area contributed by atoms with Crippen LogP contribution in [0, 0.1) is 23.0 Å². The van der Waals surface area contributed by atoms with E-state index in [0.29, 0.717) is 12.1 Å². The summed E-state index contributed by atoms with van der Waals surface area (Å²) < 4.78 is 27.9. The number of aryl methyl sites for hydroxylation is 1. The van der Waals surface area contributed by atoms with Crippen LogP contribution in [0.1, 0.15) is 37.0 Å². The molecule has 0 saturated carbocycles. The minimum absolute atomic E-state index is 0.0540. The van der Waals surface area contributed by atoms with Crippen molar-refractivity contribution in [1.82, 2.24) is 5.32 Å². The van der Waals surface area contributed by atoms with Crippen molar-refractivity contribution >= 4 is 11.8 Å². The summed E-state index contributed by atoms with van der Waals surface area (Å²) in [6, 6.07) is 11.1. The van der Waals surface area contributed by atoms with E-state index in [-0.39, 0.29) is 30.5 Å². The smallest absolute Gasteiger partial charge is 0.244 e. The van der Waals surface area contributed by atoms with Gasteiger partial charge in [-0.25, -0.2) is 8.78 Å². The van der Waals surface area contributed by atoms with Gasteiger partial charge in [-0.2, -0.15) is 0 Å². The molecule has 192 valence electrons. The lowest BCUT2D eigenvalue weighted by atomic mass is 9.63. The number of nitrogens with two attached hydrogens (primary N) is 2. The summed E-state index contributed by atoms with van der Waals surface area (Å²) in [6.45, 7) is 4.31. The Hall–Kier alpha value is -3.36. The molecule has 1 unspecified atom stereocenters. The molecule has 3 rings (SSSR count). The van der Waals surface area contributed by atoms with Gasteiger partial charge in [0.15, 0.2) is 0 Å². The fourth-order valence-electron chi connectivity index (χ4n) is 4.99. The Morgan fingerprint density at radius 2 is 1.75 bits per heavy atom. The molecule has 1 aliphatic rings. The number of carbonyl (C=O) groups excluding carboxylic acids is 2. The van der Waals surface area contributed by atoms with Crippen LogP contribution in [-0.2, 0) is 29.0 Å². The number of aliphatic hydroxyl groups is 1. The lowest BCUT2D eigenvalue weighted by Crippen LogP contribution is -2.51. The fourth-order valence-corrected chi connectivity index (χ4v) is 4.99. The van der Waals surface area contributed by atoms with Gasteiger partial charge in [-0.1, -0.05) is 48.9 Å². The lowest BCUT2D eigenvalue weighted by molar-refractivity contribution is -0.130. The van der Waals surface area contributed by atoms with Crippen LogP contribution in [0.3, 0.4) is 0 Å². The highest BCUT2D eigenvalue weighted by Gasteiger charge is 2.48. The molecule has 0 aliphatic heterocycles. The van der Waals surface area contributed by atoms with Crippen LogP contribution in [0.5, 0.6) is 0 Å². The quantitative estimate of drug-likeness (QED) is 0.382. The lowest BCUT2D eigenvalue weighted by Gasteiger charge is -2.41. The molecule has 2 amide bonds. The highest BCUT2D eigenvalue weighted by molar-refractivity contribution is 5.95. The van der Waals surface area contributed by atoms with Crippen molar-refractivity contribution in [2.24, 2.45) is 22.8 Å². The van der Waals surface area contributed by atoms with Gasteiger partial charge in [0.2, 0.25) is 11.8 Å². The zero-order valence-corrected chi connectivity index (χ0v) is 20.6. The molecule has 8 heteroatoms. The van der Waals surface area contributed by atoms with Gasteiger partial charge in [0.05, 0.1) is 11.5 Å². The predicted octanol–water partition coefficient (Wildman–Crippen LogP) is 3.07. The van der Waals surface area contributed by atoms with Crippen LogP contribution in [0.15, 0.2) is 65.8 Å². The summed E-state index contributed by atoms with van der Waals surface area (Å²) in [5, 5.41) is 14.5. The van der Waals surface area contributed by atoms with Crippen LogP contribution in [-0.4, -0.2) is 29.6 Å². The molecule has 0 aromatic heterocycles. The summed E-state index contributed by atoms with van der Waals surface area (Å²) >= 11 is 0. The van der Waals surface area contributed by atoms with Crippen LogP contribution in [0.25, 0.3) is 0 Å². The number of halogens is 2. The van der Waals surface area contributed by atoms with Crippen LogP contribution < -0.4 is 16.8 Å². The molecule has 6 nitrogen and oxygen atoms in total. The topological polar surface area (TPSA) is 118 Å². The van der Waals surface area contributed by atoms with E-state index in [4.69, 9.17) is 11.5 Å². The normalized spacial score (nSPS) is 19.2. The van der Waals surface area contributed by atoms with E-state index < -0.39 is 40.9 Å². The second-order valence-electron chi connectivity index (χ2n) is 9.46. The van der Waals surface area contributed by atoms with Crippen LogP contribution >= 0.6 is 0 Å². The van der Waals surface area contributed by atoms with E-state index in [1.807, 2.05) is 18.2 Å². The molecular weight excluding hydrogens is 464 g/mol. The SMILES string of the molecule is CCc1cccc(CNC[C@H](O)[C@@H](Cc2cc(F)cc(F)c2)C2(C(N)=O)C=C(C)C=C(C(N)=O)C2)c1. The molecule has 0 spiro atoms. The predicted molar refractivity (Wildman–Crippen MR) is 134 cm³/mol. The van der Waals surface area contributed by atoms with Crippen molar-refractivity contribution < 1.29 is 23.5 Å². The first-order valence-corrected chi connectivity index (χ1v) is 12.0. The van der Waals surface area contributed by atoms with Crippen LogP contribution in [0.2, 0.25) is 0 Å². The van der Waals surface area contributed by atoms with Crippen LogP contribution in [0.4, 0.5) is 8.78 Å². The van der Waals surface area contributed by atoms with Gasteiger partial charge in [-0.3, -0.25) is 9.59 Å². The fraction of sp³-hybridized carbons (Fsp3) is 0.357. The first-order valence-electron chi connectivity index (χ1n) is 12.0. The average Bonchev–Trinajstić information content (AvgIpc) is 2.81. The Bertz CT molecular complexity index is 1170. The van der Waals surface area contributed by atoms with Gasteiger partial charge in [0.1, 0.15) is 11.6 Å². The molecule has 0 saturated heterocycles. The van der Waals surface area contributed by atoms with Crippen molar-refractivity contribution in [1.29, 1.82) is 0 Å². The average molecular weight is 498 g/mol. The number of hydrogen-bond acceptors (Lipinski definition) is 4. The van der Waals surface area contributed by atoms with Gasteiger partial charge >= 0.3 is 0 Å². The van der Waals surface area contributed by atoms with Crippen molar-refractivity contribution in [2.75, 3.05) is 6.54 Å². The molecule has 0 bridgehead atoms. The number of allylic oxidation sites excluding steroid dienone is 2. The molecule has 6 N–H and O–H groups in total. The van der Waals surface area contributed by atoms with Gasteiger partial charge in [-0.05, 0) is 55.0 Å². The molecule has 0 fully saturated rings. The third-order valence-corrected chi connectivity index (χ3v) is 6.73. The van der Waals surface area contributed by atoms with Crippen molar-refractivity contribution in [3.05, 3.63) is 94.1 Å². The Balaban J connectivity index is 1.93. The number of aliphatic hydroxyl groups excluding tert-OH is 1. The molecule has 36 heavy (non-hydrogen) atoms. The second-order valence-corrected chi connectivity index (χ2v) is 9.46. The van der Waals surface area contributed by atoms with Gasteiger partial charge < -0.3 is 21.9 Å². The maximum Gasteiger partial charge on any atom is 0.244 e. The summed E-state index contributed by atoms with van der Waals surface area (Å²) in [4.78, 5) is 25.0. The highest BCUT2D eigenvalue weighted by atomic mass is 19.1. The zero-order chi connectivity index (χ0) is 26.5. The minimum atomic E-state index is -1.49. The van der Waals surface area contributed by atoms with Gasteiger partial charge in [-0.15, -0.1) is 0 Å². The Morgan fingerprint density at radius 1 is 1.08 bits per heavy atom. The molecule has 2 aromatic carbocycles. The first-order chi connectivity index (χ1) is 17.0. The zero-order valence-electron chi connectivity index (χ0n) is 20.6. The number of nitrogens with one attached hydrogen (secondary N) is 1. The highest BCUT2D eigenvalue weighted by Crippen LogP contribution is 2.44. The van der Waals surface area contributed by atoms with E-state index in [2.05, 4.69) is 18.3 Å². The van der Waals surface area contributed by atoms with Crippen molar-refractivity contribution in [3.63, 3.8) is 0 Å². The molecule has 1 aliphatic carbocycles. The first kappa shape index (κ1) is 27.2. The molecular formula is C28H33F2N3O3. The number of hydrogen-bond donors (Lipinski definition) is 4. The number of rotatable bonds is 11. The third-order valence-electron chi connectivity index (χ3n) is 6.73. The molecule has 3 atom stereocenters. The van der Waals surface area contributed by atoms with Crippen molar-refractivity contribution in [3.8, 4) is 0 Å². The molecule has 0 radical (unpaired) electrons. The summed E-state index contributed by atoms with van der Waals surface area (Å²) in [5.74, 6) is -3.90. The Labute approximate surface area is 210 Å². The maximum atomic E-state index is 14.0. The summed E-state index contributed by atoms with van der Waals surface area (Å²) in [7, 11) is 0. The van der Waals surface area contributed by atoms with E-state index in [1.165, 1.54) is 5.56 Å². The van der Waals surface area contributed by atoms with E-state index in [0.717, 1.165) is 30.2 Å². The maximum absolute atomic E-state index is 14.0. The summed E-state index contributed by atoms with van der Waals surface area (Å²) in [6.07, 6.45) is 2.78. The van der Waals surface area contributed by atoms with E-state index in [1.54, 1.807) is 19.1 Å². The molecule has 2 aromatic rings. The number of carbonyl (C=O) groups is 2. The Morgan fingerprint density at radius 3 is 2.36 bits per heavy atom. The standard InChI is InChI=1S/C28H33F2N3O3/c1-3-18-5-4-6-19(8-18)15-33-16-25(34)24(11-20-9-22(29)12-23(30)10-20)28(27(32)36)13-17(2)7-21(14-28)26(31)35/h4-10,12-13,24-25,33-34H,3,11,14-16H2,1-2H3,(H2,31,35)(H2,32,36)/t24-,25+,28?/m1/s1.